The van der Waals surface area contributed by atoms with Gasteiger partial charge in [0.2, 0.25) is 0 Å². The van der Waals surface area contributed by atoms with Gasteiger partial charge in [0.25, 0.3) is 0 Å². The van der Waals surface area contributed by atoms with Crippen LogP contribution in [0.25, 0.3) is 0 Å². The van der Waals surface area contributed by atoms with E-state index in [4.69, 9.17) is 9.47 Å². The zero-order chi connectivity index (χ0) is 14.9. The molecule has 0 saturated heterocycles. The van der Waals surface area contributed by atoms with Crippen LogP contribution in [-0.2, 0) is 0 Å². The molecule has 0 fully saturated rings. The summed E-state index contributed by atoms with van der Waals surface area (Å²) in [5, 5.41) is 18.5. The highest BCUT2D eigenvalue weighted by Crippen LogP contribution is 2.28. The lowest BCUT2D eigenvalue weighted by Crippen LogP contribution is -2.00. The van der Waals surface area contributed by atoms with E-state index in [-0.39, 0.29) is 11.5 Å². The van der Waals surface area contributed by atoms with Crippen molar-refractivity contribution in [2.45, 2.75) is 19.3 Å². The van der Waals surface area contributed by atoms with Crippen LogP contribution in [0.4, 0.5) is 0 Å². The Bertz CT molecular complexity index is 540. The van der Waals surface area contributed by atoms with Crippen LogP contribution in [0.15, 0.2) is 48.5 Å². The minimum atomic E-state index is -0.163. The molecule has 0 aliphatic heterocycles. The van der Waals surface area contributed by atoms with Gasteiger partial charge in [-0.1, -0.05) is 18.2 Å². The van der Waals surface area contributed by atoms with Gasteiger partial charge in [0.1, 0.15) is 11.5 Å². The fourth-order valence-corrected chi connectivity index (χ4v) is 1.87. The van der Waals surface area contributed by atoms with Crippen molar-refractivity contribution in [3.05, 3.63) is 48.5 Å². The number of benzene rings is 2. The topological polar surface area (TPSA) is 58.9 Å². The summed E-state index contributed by atoms with van der Waals surface area (Å²) in [6.07, 6.45) is 2.90. The van der Waals surface area contributed by atoms with E-state index in [1.165, 1.54) is 12.1 Å². The first kappa shape index (κ1) is 15.0. The Balaban J connectivity index is 1.55. The summed E-state index contributed by atoms with van der Waals surface area (Å²) >= 11 is 0. The van der Waals surface area contributed by atoms with Crippen molar-refractivity contribution in [3.63, 3.8) is 0 Å². The van der Waals surface area contributed by atoms with Crippen molar-refractivity contribution >= 4 is 0 Å². The SMILES string of the molecule is Oc1ccc(OCCCCCOc2ccccc2)cc1O. The van der Waals surface area contributed by atoms with Gasteiger partial charge in [0, 0.05) is 6.07 Å². The van der Waals surface area contributed by atoms with Crippen molar-refractivity contribution < 1.29 is 19.7 Å². The monoisotopic (exact) mass is 288 g/mol. The molecule has 0 aromatic heterocycles. The number of rotatable bonds is 8. The molecule has 0 unspecified atom stereocenters. The zero-order valence-electron chi connectivity index (χ0n) is 11.9. The molecule has 21 heavy (non-hydrogen) atoms. The quantitative estimate of drug-likeness (QED) is 0.574. The molecular formula is C17H20O4. The van der Waals surface area contributed by atoms with E-state index in [0.717, 1.165) is 25.0 Å². The van der Waals surface area contributed by atoms with Gasteiger partial charge in [0.05, 0.1) is 13.2 Å². The molecule has 2 rings (SSSR count). The number of phenols is 2. The van der Waals surface area contributed by atoms with Gasteiger partial charge in [-0.3, -0.25) is 0 Å². The molecule has 0 heterocycles. The molecule has 0 spiro atoms. The Morgan fingerprint density at radius 2 is 1.33 bits per heavy atom. The predicted molar refractivity (Wildman–Crippen MR) is 81.1 cm³/mol. The summed E-state index contributed by atoms with van der Waals surface area (Å²) in [6.45, 7) is 1.28. The second kappa shape index (κ2) is 8.04. The number of hydrogen-bond acceptors (Lipinski definition) is 4. The zero-order valence-corrected chi connectivity index (χ0v) is 11.9. The van der Waals surface area contributed by atoms with Crippen LogP contribution in [0.5, 0.6) is 23.0 Å². The van der Waals surface area contributed by atoms with Crippen LogP contribution >= 0.6 is 0 Å². The Morgan fingerprint density at radius 3 is 2.00 bits per heavy atom. The molecule has 0 atom stereocenters. The van der Waals surface area contributed by atoms with Crippen LogP contribution in [0.2, 0.25) is 0 Å². The lowest BCUT2D eigenvalue weighted by Gasteiger charge is -2.08. The van der Waals surface area contributed by atoms with E-state index < -0.39 is 0 Å². The lowest BCUT2D eigenvalue weighted by atomic mass is 10.2. The summed E-state index contributed by atoms with van der Waals surface area (Å²) in [5.41, 5.74) is 0. The van der Waals surface area contributed by atoms with Crippen molar-refractivity contribution in [3.8, 4) is 23.0 Å². The molecular weight excluding hydrogens is 268 g/mol. The van der Waals surface area contributed by atoms with Crippen molar-refractivity contribution in [2.75, 3.05) is 13.2 Å². The second-order valence-corrected chi connectivity index (χ2v) is 4.72. The third-order valence-corrected chi connectivity index (χ3v) is 3.02. The first-order valence-electron chi connectivity index (χ1n) is 7.08. The number of aromatic hydroxyl groups is 2. The summed E-state index contributed by atoms with van der Waals surface area (Å²) in [4.78, 5) is 0. The van der Waals surface area contributed by atoms with Crippen molar-refractivity contribution in [1.82, 2.24) is 0 Å². The average Bonchev–Trinajstić information content (AvgIpc) is 2.51. The number of unbranched alkanes of at least 4 members (excludes halogenated alkanes) is 2. The molecule has 4 nitrogen and oxygen atoms in total. The maximum absolute atomic E-state index is 9.33. The Kier molecular flexibility index (Phi) is 5.76. The maximum atomic E-state index is 9.33. The fourth-order valence-electron chi connectivity index (χ4n) is 1.87. The standard InChI is InChI=1S/C17H20O4/c18-16-10-9-15(13-17(16)19)21-12-6-2-5-11-20-14-7-3-1-4-8-14/h1,3-4,7-10,13,18-19H,2,5-6,11-12H2. The van der Waals surface area contributed by atoms with E-state index in [2.05, 4.69) is 0 Å². The Hall–Kier alpha value is -2.36. The molecule has 2 aromatic rings. The van der Waals surface area contributed by atoms with E-state index in [9.17, 15) is 10.2 Å². The van der Waals surface area contributed by atoms with E-state index >= 15 is 0 Å². The van der Waals surface area contributed by atoms with Gasteiger partial charge in [-0.05, 0) is 43.5 Å². The fraction of sp³-hybridized carbons (Fsp3) is 0.294. The highest BCUT2D eigenvalue weighted by molar-refractivity contribution is 5.43. The summed E-state index contributed by atoms with van der Waals surface area (Å²) < 4.78 is 11.1. The molecule has 0 saturated carbocycles. The van der Waals surface area contributed by atoms with E-state index in [1.807, 2.05) is 30.3 Å². The highest BCUT2D eigenvalue weighted by atomic mass is 16.5. The van der Waals surface area contributed by atoms with E-state index in [0.29, 0.717) is 19.0 Å². The second-order valence-electron chi connectivity index (χ2n) is 4.72. The first-order chi connectivity index (χ1) is 10.3. The molecule has 0 aliphatic rings. The van der Waals surface area contributed by atoms with Crippen LogP contribution < -0.4 is 9.47 Å². The summed E-state index contributed by atoms with van der Waals surface area (Å²) in [5.74, 6) is 1.16. The molecule has 0 amide bonds. The molecule has 0 bridgehead atoms. The molecule has 2 aromatic carbocycles. The Morgan fingerprint density at radius 1 is 0.667 bits per heavy atom. The van der Waals surface area contributed by atoms with Crippen LogP contribution in [-0.4, -0.2) is 23.4 Å². The van der Waals surface area contributed by atoms with Gasteiger partial charge in [0.15, 0.2) is 11.5 Å². The van der Waals surface area contributed by atoms with Gasteiger partial charge < -0.3 is 19.7 Å². The smallest absolute Gasteiger partial charge is 0.161 e. The number of hydrogen-bond donors (Lipinski definition) is 2. The minimum Gasteiger partial charge on any atom is -0.504 e. The third kappa shape index (κ3) is 5.26. The van der Waals surface area contributed by atoms with Crippen LogP contribution in [0, 0.1) is 0 Å². The first-order valence-corrected chi connectivity index (χ1v) is 7.08. The Labute approximate surface area is 124 Å². The number of phenolic OH excluding ortho intramolecular Hbond substituents is 2. The van der Waals surface area contributed by atoms with Gasteiger partial charge in [-0.2, -0.15) is 0 Å². The minimum absolute atomic E-state index is 0.139. The summed E-state index contributed by atoms with van der Waals surface area (Å²) in [7, 11) is 0. The van der Waals surface area contributed by atoms with Crippen LogP contribution in [0.3, 0.4) is 0 Å². The molecule has 112 valence electrons. The van der Waals surface area contributed by atoms with Gasteiger partial charge >= 0.3 is 0 Å². The molecule has 0 radical (unpaired) electrons. The largest absolute Gasteiger partial charge is 0.504 e. The highest BCUT2D eigenvalue weighted by Gasteiger charge is 2.01. The maximum Gasteiger partial charge on any atom is 0.161 e. The number of ether oxygens (including phenoxy) is 2. The summed E-state index contributed by atoms with van der Waals surface area (Å²) in [6, 6.07) is 14.2. The lowest BCUT2D eigenvalue weighted by molar-refractivity contribution is 0.278. The van der Waals surface area contributed by atoms with E-state index in [1.54, 1.807) is 6.07 Å². The van der Waals surface area contributed by atoms with Crippen LogP contribution in [0.1, 0.15) is 19.3 Å². The number of para-hydroxylation sites is 1. The predicted octanol–water partition coefficient (Wildman–Crippen LogP) is 3.73. The van der Waals surface area contributed by atoms with Crippen molar-refractivity contribution in [2.24, 2.45) is 0 Å². The molecule has 4 heteroatoms. The van der Waals surface area contributed by atoms with Gasteiger partial charge in [-0.15, -0.1) is 0 Å². The molecule has 2 N–H and O–H groups in total. The van der Waals surface area contributed by atoms with Gasteiger partial charge in [-0.25, -0.2) is 0 Å². The third-order valence-electron chi connectivity index (χ3n) is 3.02. The normalized spacial score (nSPS) is 10.3. The van der Waals surface area contributed by atoms with Crippen molar-refractivity contribution in [1.29, 1.82) is 0 Å². The molecule has 0 aliphatic carbocycles. The average molecular weight is 288 g/mol.